The van der Waals surface area contributed by atoms with E-state index in [1.165, 1.54) is 11.1 Å². The summed E-state index contributed by atoms with van der Waals surface area (Å²) in [5, 5.41) is 17.9. The fourth-order valence-electron chi connectivity index (χ4n) is 3.61. The van der Waals surface area contributed by atoms with E-state index in [1.807, 2.05) is 50.3 Å². The number of amidine groups is 1. The van der Waals surface area contributed by atoms with Crippen LogP contribution in [0, 0.1) is 13.8 Å². The van der Waals surface area contributed by atoms with Crippen LogP contribution >= 0.6 is 0 Å². The van der Waals surface area contributed by atoms with E-state index in [-0.39, 0.29) is 6.61 Å². The SMILES string of the molecule is C=N/C(=C\C(=NC)NCc1c(C)cc2c(N)nccc2c1C)NCc1ccc(CO)cc1.CC. The van der Waals surface area contributed by atoms with Gasteiger partial charge in [-0.2, -0.15) is 0 Å². The van der Waals surface area contributed by atoms with Crippen molar-refractivity contribution < 1.29 is 5.11 Å². The molecule has 1 heterocycles. The van der Waals surface area contributed by atoms with Crippen LogP contribution in [0.15, 0.2) is 64.5 Å². The first kappa shape index (κ1) is 26.5. The van der Waals surface area contributed by atoms with E-state index in [0.717, 1.165) is 27.5 Å². The molecule has 0 fully saturated rings. The summed E-state index contributed by atoms with van der Waals surface area (Å²) >= 11 is 0. The molecule has 5 N–H and O–H groups in total. The van der Waals surface area contributed by atoms with Crippen molar-refractivity contribution in [3.63, 3.8) is 0 Å². The van der Waals surface area contributed by atoms with Gasteiger partial charge in [-0.25, -0.2) is 9.98 Å². The molecular formula is C27H36N6O. The molecular weight excluding hydrogens is 424 g/mol. The standard InChI is InChI=1S/C25H30N6O.C2H6/c1-16-11-21-20(9-10-29-25(21)26)17(2)22(16)14-31-24(28-4)12-23(27-3)30-13-18-5-7-19(15-32)8-6-18;1-2/h5-12,30,32H,3,13-15H2,1-2,4H3,(H2,26,29)(H,28,31);1-2H3/b23-12+;. The first-order valence-corrected chi connectivity index (χ1v) is 11.4. The van der Waals surface area contributed by atoms with Gasteiger partial charge in [0.15, 0.2) is 0 Å². The first-order valence-electron chi connectivity index (χ1n) is 11.4. The number of fused-ring (bicyclic) bond motifs is 1. The molecule has 0 unspecified atom stereocenters. The number of anilines is 1. The lowest BCUT2D eigenvalue weighted by Crippen LogP contribution is -2.24. The van der Waals surface area contributed by atoms with E-state index in [1.54, 1.807) is 13.2 Å². The average Bonchev–Trinajstić information content (AvgIpc) is 2.87. The van der Waals surface area contributed by atoms with Crippen LogP contribution < -0.4 is 16.4 Å². The molecule has 3 aromatic rings. The third kappa shape index (κ3) is 6.65. The molecule has 0 amide bonds. The van der Waals surface area contributed by atoms with Gasteiger partial charge in [-0.15, -0.1) is 0 Å². The number of nitrogens with one attached hydrogen (secondary N) is 2. The number of aryl methyl sites for hydroxylation is 2. The van der Waals surface area contributed by atoms with E-state index in [4.69, 9.17) is 10.8 Å². The van der Waals surface area contributed by atoms with Gasteiger partial charge in [-0.1, -0.05) is 38.1 Å². The van der Waals surface area contributed by atoms with Gasteiger partial charge in [0.2, 0.25) is 0 Å². The van der Waals surface area contributed by atoms with E-state index < -0.39 is 0 Å². The highest BCUT2D eigenvalue weighted by Crippen LogP contribution is 2.27. The van der Waals surface area contributed by atoms with Crippen LogP contribution in [0.5, 0.6) is 0 Å². The van der Waals surface area contributed by atoms with Crippen molar-refractivity contribution in [2.75, 3.05) is 12.8 Å². The Balaban J connectivity index is 0.00000199. The zero-order chi connectivity index (χ0) is 25.1. The predicted molar refractivity (Wildman–Crippen MR) is 144 cm³/mol. The Labute approximate surface area is 202 Å². The molecule has 0 atom stereocenters. The smallest absolute Gasteiger partial charge is 0.131 e. The Kier molecular flexibility index (Phi) is 10.2. The molecule has 0 aliphatic heterocycles. The van der Waals surface area contributed by atoms with Crippen LogP contribution in [0.2, 0.25) is 0 Å². The highest BCUT2D eigenvalue weighted by atomic mass is 16.3. The van der Waals surface area contributed by atoms with Gasteiger partial charge in [0, 0.05) is 37.8 Å². The minimum Gasteiger partial charge on any atom is -0.392 e. The van der Waals surface area contributed by atoms with E-state index in [0.29, 0.717) is 30.6 Å². The van der Waals surface area contributed by atoms with Crippen LogP contribution in [0.3, 0.4) is 0 Å². The Morgan fingerprint density at radius 2 is 1.74 bits per heavy atom. The van der Waals surface area contributed by atoms with Crippen LogP contribution in [0.25, 0.3) is 10.8 Å². The molecule has 2 aromatic carbocycles. The minimum absolute atomic E-state index is 0.0372. The minimum atomic E-state index is 0.0372. The summed E-state index contributed by atoms with van der Waals surface area (Å²) in [6, 6.07) is 11.8. The summed E-state index contributed by atoms with van der Waals surface area (Å²) in [7, 11) is 1.74. The molecule has 34 heavy (non-hydrogen) atoms. The third-order valence-corrected chi connectivity index (χ3v) is 5.52. The maximum Gasteiger partial charge on any atom is 0.131 e. The number of nitrogens with zero attached hydrogens (tertiary/aromatic N) is 3. The van der Waals surface area contributed by atoms with Gasteiger partial charge in [0.1, 0.15) is 17.5 Å². The van der Waals surface area contributed by atoms with E-state index in [2.05, 4.69) is 52.2 Å². The normalized spacial score (nSPS) is 11.6. The summed E-state index contributed by atoms with van der Waals surface area (Å²) in [5.41, 5.74) is 11.5. The number of pyridine rings is 1. The maximum atomic E-state index is 9.17. The molecule has 0 radical (unpaired) electrons. The third-order valence-electron chi connectivity index (χ3n) is 5.52. The van der Waals surface area contributed by atoms with Crippen LogP contribution in [0.1, 0.15) is 41.7 Å². The second kappa shape index (κ2) is 13.1. The highest BCUT2D eigenvalue weighted by molar-refractivity contribution is 5.95. The van der Waals surface area contributed by atoms with Crippen molar-refractivity contribution in [1.29, 1.82) is 0 Å². The van der Waals surface area contributed by atoms with Gasteiger partial charge >= 0.3 is 0 Å². The molecule has 0 spiro atoms. The number of aliphatic hydroxyl groups excluding tert-OH is 1. The van der Waals surface area contributed by atoms with Crippen molar-refractivity contribution in [2.24, 2.45) is 9.98 Å². The number of aromatic nitrogens is 1. The van der Waals surface area contributed by atoms with Crippen LogP contribution in [0.4, 0.5) is 5.82 Å². The Morgan fingerprint density at radius 3 is 2.35 bits per heavy atom. The average molecular weight is 461 g/mol. The second-order valence-electron chi connectivity index (χ2n) is 7.57. The molecule has 7 heteroatoms. The molecule has 7 nitrogen and oxygen atoms in total. The summed E-state index contributed by atoms with van der Waals surface area (Å²) in [6.07, 6.45) is 3.58. The maximum absolute atomic E-state index is 9.17. The second-order valence-corrected chi connectivity index (χ2v) is 7.57. The molecule has 0 aliphatic carbocycles. The summed E-state index contributed by atoms with van der Waals surface area (Å²) in [5.74, 6) is 1.87. The number of benzene rings is 2. The van der Waals surface area contributed by atoms with Gasteiger partial charge in [0.25, 0.3) is 0 Å². The summed E-state index contributed by atoms with van der Waals surface area (Å²) in [4.78, 5) is 12.6. The van der Waals surface area contributed by atoms with Crippen molar-refractivity contribution in [2.45, 2.75) is 47.4 Å². The largest absolute Gasteiger partial charge is 0.392 e. The predicted octanol–water partition coefficient (Wildman–Crippen LogP) is 4.40. The molecule has 0 saturated carbocycles. The number of aliphatic hydroxyl groups is 1. The number of hydrogen-bond donors (Lipinski definition) is 4. The summed E-state index contributed by atoms with van der Waals surface area (Å²) in [6.45, 7) is 13.1. The molecule has 0 saturated heterocycles. The zero-order valence-electron chi connectivity index (χ0n) is 20.8. The molecule has 0 aliphatic rings. The molecule has 1 aromatic heterocycles. The van der Waals surface area contributed by atoms with Gasteiger partial charge in [-0.3, -0.25) is 4.99 Å². The van der Waals surface area contributed by atoms with Gasteiger partial charge in [0.05, 0.1) is 6.61 Å². The molecule has 0 bridgehead atoms. The Hall–Kier alpha value is -3.71. The lowest BCUT2D eigenvalue weighted by molar-refractivity contribution is 0.282. The Bertz CT molecular complexity index is 1170. The van der Waals surface area contributed by atoms with Crippen molar-refractivity contribution in [3.05, 3.63) is 82.3 Å². The quantitative estimate of drug-likeness (QED) is 0.294. The van der Waals surface area contributed by atoms with Crippen LogP contribution in [-0.4, -0.2) is 29.7 Å². The van der Waals surface area contributed by atoms with Crippen molar-refractivity contribution in [3.8, 4) is 0 Å². The van der Waals surface area contributed by atoms with Crippen molar-refractivity contribution in [1.82, 2.24) is 15.6 Å². The zero-order valence-corrected chi connectivity index (χ0v) is 20.8. The lowest BCUT2D eigenvalue weighted by atomic mass is 9.96. The van der Waals surface area contributed by atoms with Crippen molar-refractivity contribution >= 4 is 29.1 Å². The van der Waals surface area contributed by atoms with Gasteiger partial charge < -0.3 is 21.5 Å². The monoisotopic (exact) mass is 460 g/mol. The number of nitrogen functional groups attached to an aromatic ring is 1. The first-order chi connectivity index (χ1) is 16.5. The lowest BCUT2D eigenvalue weighted by Gasteiger charge is -2.16. The number of aliphatic imine (C=N–C) groups is 2. The van der Waals surface area contributed by atoms with E-state index in [9.17, 15) is 0 Å². The molecule has 3 rings (SSSR count). The highest BCUT2D eigenvalue weighted by Gasteiger charge is 2.10. The summed E-state index contributed by atoms with van der Waals surface area (Å²) < 4.78 is 0. The fraction of sp³-hybridized carbons (Fsp3) is 0.296. The topological polar surface area (TPSA) is 108 Å². The molecule has 180 valence electrons. The number of hydrogen-bond acceptors (Lipinski definition) is 6. The Morgan fingerprint density at radius 1 is 1.06 bits per heavy atom. The van der Waals surface area contributed by atoms with Gasteiger partial charge in [-0.05, 0) is 65.9 Å². The van der Waals surface area contributed by atoms with E-state index >= 15 is 0 Å². The number of nitrogens with two attached hydrogens (primary N) is 1. The number of rotatable bonds is 8. The fourth-order valence-corrected chi connectivity index (χ4v) is 3.61. The van der Waals surface area contributed by atoms with Crippen LogP contribution in [-0.2, 0) is 19.7 Å².